The Balaban J connectivity index is 1.68. The van der Waals surface area contributed by atoms with Crippen LogP contribution >= 0.6 is 0 Å². The zero-order valence-corrected chi connectivity index (χ0v) is 11.1. The second kappa shape index (κ2) is 5.27. The molecule has 2 aromatic rings. The van der Waals surface area contributed by atoms with Crippen LogP contribution in [0.4, 0.5) is 5.69 Å². The number of benzene rings is 2. The van der Waals surface area contributed by atoms with Gasteiger partial charge in [-0.15, -0.1) is 0 Å². The molecule has 1 heterocycles. The van der Waals surface area contributed by atoms with E-state index in [4.69, 9.17) is 4.74 Å². The number of nitrogens with zero attached hydrogens (tertiary/aromatic N) is 1. The highest BCUT2D eigenvalue weighted by atomic mass is 16.5. The maximum Gasteiger partial charge on any atom is 0.126 e. The molecule has 0 saturated carbocycles. The number of para-hydroxylation sites is 1. The largest absolute Gasteiger partial charge is 0.488 e. The molecule has 0 saturated heterocycles. The highest BCUT2D eigenvalue weighted by Crippen LogP contribution is 2.25. The first-order valence-corrected chi connectivity index (χ1v) is 6.65. The van der Waals surface area contributed by atoms with Crippen molar-refractivity contribution in [1.82, 2.24) is 0 Å². The van der Waals surface area contributed by atoms with Crippen LogP contribution in [0.2, 0.25) is 0 Å². The molecule has 0 unspecified atom stereocenters. The molecule has 0 aliphatic carbocycles. The average Bonchev–Trinajstić information content (AvgIpc) is 2.46. The Morgan fingerprint density at radius 2 is 1.79 bits per heavy atom. The summed E-state index contributed by atoms with van der Waals surface area (Å²) < 4.78 is 5.78. The Morgan fingerprint density at radius 3 is 2.63 bits per heavy atom. The van der Waals surface area contributed by atoms with Gasteiger partial charge in [-0.2, -0.15) is 0 Å². The van der Waals surface area contributed by atoms with Gasteiger partial charge >= 0.3 is 0 Å². The third-order valence-corrected chi connectivity index (χ3v) is 3.38. The molecule has 0 atom stereocenters. The van der Waals surface area contributed by atoms with Crippen LogP contribution in [0.3, 0.4) is 0 Å². The van der Waals surface area contributed by atoms with Crippen molar-refractivity contribution < 1.29 is 4.74 Å². The van der Waals surface area contributed by atoms with Gasteiger partial charge in [0.05, 0.1) is 11.4 Å². The van der Waals surface area contributed by atoms with Gasteiger partial charge in [0.1, 0.15) is 12.4 Å². The molecule has 1 aliphatic heterocycles. The fraction of sp³-hybridized carbons (Fsp3) is 0.235. The van der Waals surface area contributed by atoms with Gasteiger partial charge < -0.3 is 4.74 Å². The van der Waals surface area contributed by atoms with Gasteiger partial charge in [-0.3, -0.25) is 4.99 Å². The number of aryl methyl sites for hydroxylation is 2. The summed E-state index contributed by atoms with van der Waals surface area (Å²) in [5, 5.41) is 0. The number of rotatable bonds is 3. The first-order chi connectivity index (χ1) is 9.31. The van der Waals surface area contributed by atoms with Crippen molar-refractivity contribution in [2.45, 2.75) is 19.8 Å². The lowest BCUT2D eigenvalue weighted by molar-refractivity contribution is 0.373. The van der Waals surface area contributed by atoms with E-state index in [1.807, 2.05) is 18.2 Å². The van der Waals surface area contributed by atoms with Crippen LogP contribution in [0.1, 0.15) is 17.5 Å². The summed E-state index contributed by atoms with van der Waals surface area (Å²) in [5.41, 5.74) is 4.80. The molecule has 2 heteroatoms. The van der Waals surface area contributed by atoms with Crippen molar-refractivity contribution in [1.29, 1.82) is 0 Å². The topological polar surface area (TPSA) is 21.6 Å². The third kappa shape index (κ3) is 2.84. The SMILES string of the molecule is Cc1ccc(OCC2=Nc3ccccc3CC2)cc1. The molecule has 0 spiro atoms. The van der Waals surface area contributed by atoms with Crippen molar-refractivity contribution in [2.75, 3.05) is 6.61 Å². The molecule has 1 aliphatic rings. The van der Waals surface area contributed by atoms with Gasteiger partial charge in [0.25, 0.3) is 0 Å². The smallest absolute Gasteiger partial charge is 0.126 e. The first kappa shape index (κ1) is 12.0. The highest BCUT2D eigenvalue weighted by Gasteiger charge is 2.11. The molecule has 0 fully saturated rings. The van der Waals surface area contributed by atoms with E-state index in [1.54, 1.807) is 0 Å². The quantitative estimate of drug-likeness (QED) is 0.805. The molecule has 3 rings (SSSR count). The van der Waals surface area contributed by atoms with Crippen LogP contribution in [-0.2, 0) is 6.42 Å². The number of fused-ring (bicyclic) bond motifs is 1. The number of aliphatic imine (C=N–C) groups is 1. The number of hydrogen-bond acceptors (Lipinski definition) is 2. The standard InChI is InChI=1S/C17H17NO/c1-13-6-10-16(11-7-13)19-12-15-9-8-14-4-2-3-5-17(14)18-15/h2-7,10-11H,8-9,12H2,1H3. The first-order valence-electron chi connectivity index (χ1n) is 6.65. The van der Waals surface area contributed by atoms with E-state index in [1.165, 1.54) is 11.1 Å². The van der Waals surface area contributed by atoms with Gasteiger partial charge in [0, 0.05) is 0 Å². The summed E-state index contributed by atoms with van der Waals surface area (Å²) in [6.07, 6.45) is 2.05. The van der Waals surface area contributed by atoms with E-state index in [0.717, 1.165) is 30.0 Å². The van der Waals surface area contributed by atoms with E-state index in [0.29, 0.717) is 6.61 Å². The van der Waals surface area contributed by atoms with Gasteiger partial charge in [0.2, 0.25) is 0 Å². The van der Waals surface area contributed by atoms with Crippen LogP contribution < -0.4 is 4.74 Å². The van der Waals surface area contributed by atoms with Crippen LogP contribution in [0.5, 0.6) is 5.75 Å². The summed E-state index contributed by atoms with van der Waals surface area (Å²) in [7, 11) is 0. The molecule has 2 aromatic carbocycles. The summed E-state index contributed by atoms with van der Waals surface area (Å²) >= 11 is 0. The third-order valence-electron chi connectivity index (χ3n) is 3.38. The Hall–Kier alpha value is -2.09. The predicted octanol–water partition coefficient (Wildman–Crippen LogP) is 4.09. The Kier molecular flexibility index (Phi) is 3.32. The van der Waals surface area contributed by atoms with E-state index in [-0.39, 0.29) is 0 Å². The second-order valence-corrected chi connectivity index (χ2v) is 4.91. The molecule has 0 amide bonds. The zero-order chi connectivity index (χ0) is 13.1. The lowest BCUT2D eigenvalue weighted by atomic mass is 10.0. The van der Waals surface area contributed by atoms with Gasteiger partial charge in [-0.05, 0) is 43.5 Å². The maximum atomic E-state index is 5.78. The summed E-state index contributed by atoms with van der Waals surface area (Å²) in [4.78, 5) is 4.67. The molecular formula is C17H17NO. The molecule has 0 bridgehead atoms. The van der Waals surface area contributed by atoms with Crippen molar-refractivity contribution >= 4 is 11.4 Å². The molecular weight excluding hydrogens is 234 g/mol. The monoisotopic (exact) mass is 251 g/mol. The van der Waals surface area contributed by atoms with Crippen molar-refractivity contribution in [2.24, 2.45) is 4.99 Å². The average molecular weight is 251 g/mol. The van der Waals surface area contributed by atoms with Crippen molar-refractivity contribution in [3.05, 3.63) is 59.7 Å². The summed E-state index contributed by atoms with van der Waals surface area (Å²) in [6, 6.07) is 16.5. The van der Waals surface area contributed by atoms with Crippen molar-refractivity contribution in [3.8, 4) is 5.75 Å². The fourth-order valence-corrected chi connectivity index (χ4v) is 2.24. The minimum absolute atomic E-state index is 0.581. The van der Waals surface area contributed by atoms with Gasteiger partial charge in [0.15, 0.2) is 0 Å². The fourth-order valence-electron chi connectivity index (χ4n) is 2.24. The van der Waals surface area contributed by atoms with Crippen LogP contribution in [-0.4, -0.2) is 12.3 Å². The molecule has 0 N–H and O–H groups in total. The van der Waals surface area contributed by atoms with E-state index in [9.17, 15) is 0 Å². The molecule has 96 valence electrons. The van der Waals surface area contributed by atoms with E-state index < -0.39 is 0 Å². The highest BCUT2D eigenvalue weighted by molar-refractivity contribution is 5.90. The predicted molar refractivity (Wildman–Crippen MR) is 78.5 cm³/mol. The van der Waals surface area contributed by atoms with Crippen LogP contribution in [0.15, 0.2) is 53.5 Å². The number of hydrogen-bond donors (Lipinski definition) is 0. The lowest BCUT2D eigenvalue weighted by Crippen LogP contribution is -2.15. The van der Waals surface area contributed by atoms with Gasteiger partial charge in [-0.25, -0.2) is 0 Å². The number of ether oxygens (including phenoxy) is 1. The Bertz CT molecular complexity index is 599. The second-order valence-electron chi connectivity index (χ2n) is 4.91. The van der Waals surface area contributed by atoms with Crippen LogP contribution in [0, 0.1) is 6.92 Å². The Labute approximate surface area is 113 Å². The molecule has 2 nitrogen and oxygen atoms in total. The molecule has 0 aromatic heterocycles. The zero-order valence-electron chi connectivity index (χ0n) is 11.1. The van der Waals surface area contributed by atoms with Gasteiger partial charge in [-0.1, -0.05) is 35.9 Å². The minimum Gasteiger partial charge on any atom is -0.488 e. The summed E-state index contributed by atoms with van der Waals surface area (Å²) in [5.74, 6) is 0.909. The molecule has 0 radical (unpaired) electrons. The van der Waals surface area contributed by atoms with E-state index in [2.05, 4.69) is 42.2 Å². The maximum absolute atomic E-state index is 5.78. The lowest BCUT2D eigenvalue weighted by Gasteiger charge is -2.15. The normalized spacial score (nSPS) is 13.6. The minimum atomic E-state index is 0.581. The van der Waals surface area contributed by atoms with Crippen LogP contribution in [0.25, 0.3) is 0 Å². The Morgan fingerprint density at radius 1 is 1.00 bits per heavy atom. The molecule has 19 heavy (non-hydrogen) atoms. The summed E-state index contributed by atoms with van der Waals surface area (Å²) in [6.45, 7) is 2.66. The van der Waals surface area contributed by atoms with Crippen molar-refractivity contribution in [3.63, 3.8) is 0 Å². The van der Waals surface area contributed by atoms with E-state index >= 15 is 0 Å².